The van der Waals surface area contributed by atoms with Crippen molar-refractivity contribution in [2.45, 2.75) is 45.8 Å². The Bertz CT molecular complexity index is 810. The summed E-state index contributed by atoms with van der Waals surface area (Å²) in [4.78, 5) is 28.6. The molecule has 1 saturated carbocycles. The van der Waals surface area contributed by atoms with Gasteiger partial charge in [-0.3, -0.25) is 4.79 Å². The number of aryl methyl sites for hydroxylation is 1. The molecular formula is C18H20ClN3O3. The number of anilines is 1. The topological polar surface area (TPSA) is 73.2 Å². The van der Waals surface area contributed by atoms with Gasteiger partial charge >= 0.3 is 5.97 Å². The second kappa shape index (κ2) is 6.88. The number of carbonyl (C=O) groups is 2. The van der Waals surface area contributed by atoms with Crippen LogP contribution in [-0.4, -0.2) is 27.5 Å². The quantitative estimate of drug-likeness (QED) is 0.824. The molecular weight excluding hydrogens is 342 g/mol. The van der Waals surface area contributed by atoms with Crippen LogP contribution >= 0.6 is 11.6 Å². The molecule has 132 valence electrons. The van der Waals surface area contributed by atoms with Gasteiger partial charge in [0.1, 0.15) is 5.82 Å². The standard InChI is InChI=1S/C18H20ClN3O3/c1-10-8-15(11(2)22(10)14-5-6-14)18(24)25-12(3)17(23)21-16-7-4-13(19)9-20-16/h4,7-9,12,14H,5-6H2,1-3H3,(H,20,21,23)/t12-/m1/s1. The highest BCUT2D eigenvalue weighted by molar-refractivity contribution is 6.30. The van der Waals surface area contributed by atoms with E-state index in [0.717, 1.165) is 24.2 Å². The molecule has 0 spiro atoms. The van der Waals surface area contributed by atoms with Crippen molar-refractivity contribution >= 4 is 29.3 Å². The number of nitrogens with one attached hydrogen (secondary N) is 1. The molecule has 0 bridgehead atoms. The molecule has 0 saturated heterocycles. The van der Waals surface area contributed by atoms with Gasteiger partial charge in [-0.1, -0.05) is 11.6 Å². The summed E-state index contributed by atoms with van der Waals surface area (Å²) in [6.45, 7) is 5.41. The maximum atomic E-state index is 12.4. The second-order valence-electron chi connectivity index (χ2n) is 6.28. The molecule has 3 rings (SSSR count). The first kappa shape index (κ1) is 17.5. The lowest BCUT2D eigenvalue weighted by molar-refractivity contribution is -0.123. The number of carbonyl (C=O) groups excluding carboxylic acids is 2. The van der Waals surface area contributed by atoms with Crippen LogP contribution in [0.5, 0.6) is 0 Å². The van der Waals surface area contributed by atoms with Crippen molar-refractivity contribution in [3.05, 3.63) is 46.4 Å². The van der Waals surface area contributed by atoms with Crippen molar-refractivity contribution < 1.29 is 14.3 Å². The lowest BCUT2D eigenvalue weighted by atomic mass is 10.2. The molecule has 1 aliphatic rings. The van der Waals surface area contributed by atoms with E-state index < -0.39 is 18.0 Å². The normalized spacial score (nSPS) is 14.9. The van der Waals surface area contributed by atoms with Crippen LogP contribution in [0.3, 0.4) is 0 Å². The Balaban J connectivity index is 1.65. The summed E-state index contributed by atoms with van der Waals surface area (Å²) in [5.41, 5.74) is 2.43. The van der Waals surface area contributed by atoms with Gasteiger partial charge in [0.15, 0.2) is 6.10 Å². The fourth-order valence-electron chi connectivity index (χ4n) is 2.83. The van der Waals surface area contributed by atoms with Gasteiger partial charge in [-0.15, -0.1) is 0 Å². The minimum Gasteiger partial charge on any atom is -0.449 e. The summed E-state index contributed by atoms with van der Waals surface area (Å²) < 4.78 is 7.49. The largest absolute Gasteiger partial charge is 0.449 e. The Morgan fingerprint density at radius 3 is 2.68 bits per heavy atom. The van der Waals surface area contributed by atoms with Crippen molar-refractivity contribution in [2.75, 3.05) is 5.32 Å². The number of aromatic nitrogens is 2. The van der Waals surface area contributed by atoms with E-state index in [9.17, 15) is 9.59 Å². The molecule has 25 heavy (non-hydrogen) atoms. The van der Waals surface area contributed by atoms with E-state index in [1.165, 1.54) is 13.1 Å². The van der Waals surface area contributed by atoms with Gasteiger partial charge in [-0.05, 0) is 51.8 Å². The van der Waals surface area contributed by atoms with Gasteiger partial charge in [0.25, 0.3) is 5.91 Å². The van der Waals surface area contributed by atoms with Gasteiger partial charge in [0.05, 0.1) is 10.6 Å². The van der Waals surface area contributed by atoms with Crippen LogP contribution in [-0.2, 0) is 9.53 Å². The molecule has 2 heterocycles. The molecule has 0 aromatic carbocycles. The fourth-order valence-corrected chi connectivity index (χ4v) is 2.95. The van der Waals surface area contributed by atoms with Gasteiger partial charge < -0.3 is 14.6 Å². The van der Waals surface area contributed by atoms with Gasteiger partial charge in [-0.25, -0.2) is 9.78 Å². The number of halogens is 1. The van der Waals surface area contributed by atoms with Crippen LogP contribution in [0.15, 0.2) is 24.4 Å². The number of nitrogens with zero attached hydrogens (tertiary/aromatic N) is 2. The maximum absolute atomic E-state index is 12.4. The van der Waals surface area contributed by atoms with Crippen molar-refractivity contribution in [3.63, 3.8) is 0 Å². The molecule has 1 atom stereocenters. The average molecular weight is 362 g/mol. The van der Waals surface area contributed by atoms with E-state index >= 15 is 0 Å². The zero-order valence-electron chi connectivity index (χ0n) is 14.4. The third kappa shape index (κ3) is 3.85. The average Bonchev–Trinajstić information content (AvgIpc) is 3.34. The summed E-state index contributed by atoms with van der Waals surface area (Å²) in [7, 11) is 0. The number of pyridine rings is 1. The Labute approximate surface area is 151 Å². The van der Waals surface area contributed by atoms with E-state index in [-0.39, 0.29) is 0 Å². The van der Waals surface area contributed by atoms with E-state index in [4.69, 9.17) is 16.3 Å². The molecule has 1 N–H and O–H groups in total. The number of hydrogen-bond donors (Lipinski definition) is 1. The zero-order chi connectivity index (χ0) is 18.1. The number of esters is 1. The van der Waals surface area contributed by atoms with Crippen molar-refractivity contribution in [3.8, 4) is 0 Å². The van der Waals surface area contributed by atoms with Crippen LogP contribution < -0.4 is 5.32 Å². The van der Waals surface area contributed by atoms with E-state index in [1.807, 2.05) is 19.9 Å². The van der Waals surface area contributed by atoms with Crippen LogP contribution in [0.25, 0.3) is 0 Å². The first-order chi connectivity index (χ1) is 11.9. The van der Waals surface area contributed by atoms with Crippen molar-refractivity contribution in [1.82, 2.24) is 9.55 Å². The summed E-state index contributed by atoms with van der Waals surface area (Å²) in [6.07, 6.45) is 2.77. The Hall–Kier alpha value is -2.34. The van der Waals surface area contributed by atoms with Gasteiger partial charge in [0, 0.05) is 23.6 Å². The zero-order valence-corrected chi connectivity index (χ0v) is 15.1. The first-order valence-corrected chi connectivity index (χ1v) is 8.56. The number of ether oxygens (including phenoxy) is 1. The lowest BCUT2D eigenvalue weighted by Crippen LogP contribution is -2.30. The van der Waals surface area contributed by atoms with Crippen LogP contribution in [0.2, 0.25) is 5.02 Å². The van der Waals surface area contributed by atoms with E-state index in [1.54, 1.807) is 12.1 Å². The molecule has 1 aliphatic carbocycles. The molecule has 2 aromatic heterocycles. The highest BCUT2D eigenvalue weighted by Crippen LogP contribution is 2.38. The third-order valence-corrected chi connectivity index (χ3v) is 4.47. The van der Waals surface area contributed by atoms with E-state index in [2.05, 4.69) is 14.9 Å². The van der Waals surface area contributed by atoms with Crippen LogP contribution in [0, 0.1) is 13.8 Å². The van der Waals surface area contributed by atoms with Crippen LogP contribution in [0.1, 0.15) is 47.6 Å². The summed E-state index contributed by atoms with van der Waals surface area (Å²) in [5, 5.41) is 3.07. The van der Waals surface area contributed by atoms with Crippen LogP contribution in [0.4, 0.5) is 5.82 Å². The number of rotatable bonds is 5. The minimum absolute atomic E-state index is 0.351. The first-order valence-electron chi connectivity index (χ1n) is 8.18. The molecule has 0 aliphatic heterocycles. The maximum Gasteiger partial charge on any atom is 0.340 e. The van der Waals surface area contributed by atoms with E-state index in [0.29, 0.717) is 22.4 Å². The van der Waals surface area contributed by atoms with Gasteiger partial charge in [0.2, 0.25) is 0 Å². The monoisotopic (exact) mass is 361 g/mol. The fraction of sp³-hybridized carbons (Fsp3) is 0.389. The second-order valence-corrected chi connectivity index (χ2v) is 6.72. The molecule has 0 unspecified atom stereocenters. The summed E-state index contributed by atoms with van der Waals surface area (Å²) in [6, 6.07) is 5.51. The summed E-state index contributed by atoms with van der Waals surface area (Å²) in [5.74, 6) is -0.588. The molecule has 6 nitrogen and oxygen atoms in total. The third-order valence-electron chi connectivity index (χ3n) is 4.25. The molecule has 1 fully saturated rings. The van der Waals surface area contributed by atoms with Crippen molar-refractivity contribution in [1.29, 1.82) is 0 Å². The SMILES string of the molecule is Cc1cc(C(=O)O[C@H](C)C(=O)Nc2ccc(Cl)cn2)c(C)n1C1CC1. The number of amides is 1. The molecule has 1 amide bonds. The molecule has 0 radical (unpaired) electrons. The Morgan fingerprint density at radius 1 is 1.36 bits per heavy atom. The smallest absolute Gasteiger partial charge is 0.340 e. The Kier molecular flexibility index (Phi) is 4.81. The summed E-state index contributed by atoms with van der Waals surface area (Å²) >= 11 is 5.76. The lowest BCUT2D eigenvalue weighted by Gasteiger charge is -2.13. The predicted molar refractivity (Wildman–Crippen MR) is 94.9 cm³/mol. The number of hydrogen-bond acceptors (Lipinski definition) is 4. The predicted octanol–water partition coefficient (Wildman–Crippen LogP) is 3.67. The van der Waals surface area contributed by atoms with Gasteiger partial charge in [-0.2, -0.15) is 0 Å². The highest BCUT2D eigenvalue weighted by Gasteiger charge is 2.29. The minimum atomic E-state index is -0.936. The Morgan fingerprint density at radius 2 is 2.08 bits per heavy atom. The molecule has 2 aromatic rings. The molecule has 7 heteroatoms. The highest BCUT2D eigenvalue weighted by atomic mass is 35.5. The van der Waals surface area contributed by atoms with Crippen molar-refractivity contribution in [2.24, 2.45) is 0 Å².